The molecule has 0 aliphatic heterocycles. The summed E-state index contributed by atoms with van der Waals surface area (Å²) in [4.78, 5) is 0. The molecule has 1 N–H and O–H groups in total. The molecule has 1 unspecified atom stereocenters. The van der Waals surface area contributed by atoms with E-state index in [1.54, 1.807) is 6.07 Å². The molecule has 0 aliphatic rings. The van der Waals surface area contributed by atoms with Gasteiger partial charge in [0.25, 0.3) is 0 Å². The fourth-order valence-electron chi connectivity index (χ4n) is 1.97. The molecule has 2 aromatic carbocycles. The summed E-state index contributed by atoms with van der Waals surface area (Å²) in [5.74, 6) is -1.01. The number of nitrogens with one attached hydrogen (secondary N) is 1. The van der Waals surface area contributed by atoms with Gasteiger partial charge < -0.3 is 5.32 Å². The first-order chi connectivity index (χ1) is 9.51. The minimum Gasteiger partial charge on any atom is -0.376 e. The summed E-state index contributed by atoms with van der Waals surface area (Å²) in [6, 6.07) is 9.45. The molecule has 20 heavy (non-hydrogen) atoms. The molecule has 0 aromatic heterocycles. The average Bonchev–Trinajstić information content (AvgIpc) is 2.41. The van der Waals surface area contributed by atoms with Crippen molar-refractivity contribution in [2.45, 2.75) is 19.4 Å². The fourth-order valence-corrected chi connectivity index (χ4v) is 2.48. The molecule has 0 saturated heterocycles. The Morgan fingerprint density at radius 3 is 2.60 bits per heavy atom. The molecule has 106 valence electrons. The van der Waals surface area contributed by atoms with Crippen LogP contribution in [0.25, 0.3) is 0 Å². The van der Waals surface area contributed by atoms with Crippen molar-refractivity contribution < 1.29 is 8.78 Å². The monoisotopic (exact) mass is 359 g/mol. The van der Waals surface area contributed by atoms with Crippen LogP contribution in [0.4, 0.5) is 14.5 Å². The molecule has 0 spiro atoms. The smallest absolute Gasteiger partial charge is 0.147 e. The van der Waals surface area contributed by atoms with Crippen molar-refractivity contribution in [3.05, 3.63) is 63.1 Å². The van der Waals surface area contributed by atoms with E-state index in [1.165, 1.54) is 0 Å². The Labute approximate surface area is 130 Å². The van der Waals surface area contributed by atoms with E-state index in [-0.39, 0.29) is 16.2 Å². The van der Waals surface area contributed by atoms with Crippen LogP contribution in [0.3, 0.4) is 0 Å². The average molecular weight is 361 g/mol. The van der Waals surface area contributed by atoms with Crippen LogP contribution in [0, 0.1) is 11.6 Å². The van der Waals surface area contributed by atoms with Crippen molar-refractivity contribution in [1.29, 1.82) is 0 Å². The Balaban J connectivity index is 2.29. The van der Waals surface area contributed by atoms with Crippen LogP contribution in [-0.4, -0.2) is 0 Å². The Morgan fingerprint density at radius 1 is 1.20 bits per heavy atom. The lowest BCUT2D eigenvalue weighted by Gasteiger charge is -2.19. The van der Waals surface area contributed by atoms with Gasteiger partial charge in [-0.25, -0.2) is 8.78 Å². The van der Waals surface area contributed by atoms with Crippen LogP contribution >= 0.6 is 27.5 Å². The number of halogens is 4. The van der Waals surface area contributed by atoms with Gasteiger partial charge in [-0.2, -0.15) is 0 Å². The molecule has 2 rings (SSSR count). The fraction of sp³-hybridized carbons (Fsp3) is 0.200. The number of rotatable bonds is 4. The zero-order chi connectivity index (χ0) is 14.7. The predicted octanol–water partition coefficient (Wildman–Crippen LogP) is 5.94. The summed E-state index contributed by atoms with van der Waals surface area (Å²) in [6.07, 6.45) is 0.720. The molecule has 1 nitrogen and oxygen atoms in total. The maximum absolute atomic E-state index is 13.8. The minimum atomic E-state index is -0.505. The van der Waals surface area contributed by atoms with Gasteiger partial charge in [0.1, 0.15) is 11.6 Å². The van der Waals surface area contributed by atoms with Gasteiger partial charge in [-0.1, -0.05) is 30.7 Å². The highest BCUT2D eigenvalue weighted by Gasteiger charge is 2.14. The molecule has 0 radical (unpaired) electrons. The van der Waals surface area contributed by atoms with Crippen molar-refractivity contribution >= 4 is 33.2 Å². The maximum atomic E-state index is 13.8. The summed E-state index contributed by atoms with van der Waals surface area (Å²) >= 11 is 8.92. The lowest BCUT2D eigenvalue weighted by Crippen LogP contribution is -2.11. The van der Waals surface area contributed by atoms with E-state index in [4.69, 9.17) is 11.6 Å². The molecule has 0 bridgehead atoms. The Morgan fingerprint density at radius 2 is 1.95 bits per heavy atom. The number of hydrogen-bond acceptors (Lipinski definition) is 1. The third-order valence-electron chi connectivity index (χ3n) is 3.00. The molecule has 0 fully saturated rings. The highest BCUT2D eigenvalue weighted by atomic mass is 79.9. The molecule has 2 aromatic rings. The van der Waals surface area contributed by atoms with Crippen molar-refractivity contribution in [3.63, 3.8) is 0 Å². The van der Waals surface area contributed by atoms with E-state index >= 15 is 0 Å². The van der Waals surface area contributed by atoms with Crippen LogP contribution in [0.15, 0.2) is 40.9 Å². The van der Waals surface area contributed by atoms with E-state index < -0.39 is 11.6 Å². The van der Waals surface area contributed by atoms with Crippen LogP contribution in [0.5, 0.6) is 0 Å². The molecular weight excluding hydrogens is 348 g/mol. The van der Waals surface area contributed by atoms with Gasteiger partial charge in [-0.05, 0) is 46.1 Å². The van der Waals surface area contributed by atoms with Gasteiger partial charge in [-0.3, -0.25) is 0 Å². The van der Waals surface area contributed by atoms with Gasteiger partial charge in [0.15, 0.2) is 0 Å². The Bertz CT molecular complexity index is 619. The Kier molecular flexibility index (Phi) is 5.00. The summed E-state index contributed by atoms with van der Waals surface area (Å²) in [7, 11) is 0. The molecule has 0 aliphatic carbocycles. The first-order valence-corrected chi connectivity index (χ1v) is 7.35. The Hall–Kier alpha value is -1.13. The topological polar surface area (TPSA) is 12.0 Å². The minimum absolute atomic E-state index is 0.108. The first kappa shape index (κ1) is 15.3. The quantitative estimate of drug-likeness (QED) is 0.665. The highest BCUT2D eigenvalue weighted by molar-refractivity contribution is 9.10. The molecule has 0 heterocycles. The second kappa shape index (κ2) is 6.55. The number of hydrogen-bond donors (Lipinski definition) is 1. The number of benzene rings is 2. The standard InChI is InChI=1S/C15H13BrClF2N/c1-2-14(9-4-3-5-10(17)6-9)20-15-8-12(18)11(16)7-13(15)19/h3-8,14,20H,2H2,1H3. The van der Waals surface area contributed by atoms with E-state index in [0.717, 1.165) is 24.1 Å². The second-order valence-corrected chi connectivity index (χ2v) is 5.70. The zero-order valence-electron chi connectivity index (χ0n) is 10.8. The van der Waals surface area contributed by atoms with Gasteiger partial charge in [0, 0.05) is 11.1 Å². The normalized spacial score (nSPS) is 12.2. The molecular formula is C15H13BrClF2N. The summed E-state index contributed by atoms with van der Waals surface area (Å²) in [5.41, 5.74) is 1.07. The van der Waals surface area contributed by atoms with Crippen molar-refractivity contribution in [3.8, 4) is 0 Å². The van der Waals surface area contributed by atoms with E-state index in [9.17, 15) is 8.78 Å². The van der Waals surface area contributed by atoms with Gasteiger partial charge in [-0.15, -0.1) is 0 Å². The summed E-state index contributed by atoms with van der Waals surface area (Å²) in [5, 5.41) is 3.63. The third kappa shape index (κ3) is 3.49. The van der Waals surface area contributed by atoms with Crippen molar-refractivity contribution in [2.24, 2.45) is 0 Å². The second-order valence-electron chi connectivity index (χ2n) is 4.41. The maximum Gasteiger partial charge on any atom is 0.147 e. The van der Waals surface area contributed by atoms with E-state index in [1.807, 2.05) is 25.1 Å². The predicted molar refractivity (Wildman–Crippen MR) is 82.2 cm³/mol. The van der Waals surface area contributed by atoms with E-state index in [0.29, 0.717) is 5.02 Å². The molecule has 0 saturated carbocycles. The van der Waals surface area contributed by atoms with Crippen LogP contribution in [0.2, 0.25) is 5.02 Å². The first-order valence-electron chi connectivity index (χ1n) is 6.17. The number of anilines is 1. The van der Waals surface area contributed by atoms with Gasteiger partial charge in [0.05, 0.1) is 16.2 Å². The third-order valence-corrected chi connectivity index (χ3v) is 3.84. The largest absolute Gasteiger partial charge is 0.376 e. The summed E-state index contributed by atoms with van der Waals surface area (Å²) in [6.45, 7) is 1.96. The van der Waals surface area contributed by atoms with Crippen LogP contribution in [-0.2, 0) is 0 Å². The van der Waals surface area contributed by atoms with Gasteiger partial charge >= 0.3 is 0 Å². The molecule has 1 atom stereocenters. The van der Waals surface area contributed by atoms with Crippen LogP contribution < -0.4 is 5.32 Å². The highest BCUT2D eigenvalue weighted by Crippen LogP contribution is 2.29. The van der Waals surface area contributed by atoms with Crippen molar-refractivity contribution in [1.82, 2.24) is 0 Å². The zero-order valence-corrected chi connectivity index (χ0v) is 13.1. The van der Waals surface area contributed by atoms with E-state index in [2.05, 4.69) is 21.2 Å². The summed E-state index contributed by atoms with van der Waals surface area (Å²) < 4.78 is 27.5. The molecule has 0 amide bonds. The van der Waals surface area contributed by atoms with Crippen molar-refractivity contribution in [2.75, 3.05) is 5.32 Å². The SMILES string of the molecule is CCC(Nc1cc(F)c(Br)cc1F)c1cccc(Cl)c1. The van der Waals surface area contributed by atoms with Gasteiger partial charge in [0.2, 0.25) is 0 Å². The lowest BCUT2D eigenvalue weighted by atomic mass is 10.0. The van der Waals surface area contributed by atoms with Crippen LogP contribution in [0.1, 0.15) is 24.9 Å². The lowest BCUT2D eigenvalue weighted by molar-refractivity contribution is 0.593. The molecule has 5 heteroatoms.